The van der Waals surface area contributed by atoms with Crippen LogP contribution >= 0.6 is 0 Å². The summed E-state index contributed by atoms with van der Waals surface area (Å²) < 4.78 is 0. The number of aromatic nitrogens is 2. The summed E-state index contributed by atoms with van der Waals surface area (Å²) >= 11 is 0. The molecule has 1 amide bonds. The number of carbonyl (C=O) groups is 1. The van der Waals surface area contributed by atoms with Crippen LogP contribution in [0.4, 0.5) is 0 Å². The summed E-state index contributed by atoms with van der Waals surface area (Å²) in [5.41, 5.74) is 5.83. The van der Waals surface area contributed by atoms with E-state index in [1.807, 2.05) is 6.92 Å². The van der Waals surface area contributed by atoms with Crippen molar-refractivity contribution in [2.24, 2.45) is 10.9 Å². The second-order valence-electron chi connectivity index (χ2n) is 3.36. The van der Waals surface area contributed by atoms with E-state index in [1.54, 1.807) is 11.0 Å². The van der Waals surface area contributed by atoms with E-state index in [1.165, 1.54) is 12.4 Å². The topological polar surface area (TPSA) is 105 Å². The maximum absolute atomic E-state index is 12.0. The zero-order valence-electron chi connectivity index (χ0n) is 9.58. The molecule has 0 atom stereocenters. The molecule has 0 saturated carbocycles. The number of amidine groups is 1. The number of oxime groups is 1. The molecule has 0 saturated heterocycles. The molecule has 0 aliphatic rings. The van der Waals surface area contributed by atoms with Crippen LogP contribution in [0.2, 0.25) is 0 Å². The molecule has 0 radical (unpaired) electrons. The van der Waals surface area contributed by atoms with Crippen molar-refractivity contribution in [1.82, 2.24) is 15.1 Å². The summed E-state index contributed by atoms with van der Waals surface area (Å²) in [5.74, 6) is -0.0442. The molecule has 7 nitrogen and oxygen atoms in total. The van der Waals surface area contributed by atoms with Gasteiger partial charge in [-0.15, -0.1) is 0 Å². The van der Waals surface area contributed by atoms with Gasteiger partial charge in [-0.2, -0.15) is 10.2 Å². The minimum atomic E-state index is -0.145. The van der Waals surface area contributed by atoms with Gasteiger partial charge >= 0.3 is 0 Å². The SMILES string of the molecule is CCN(CC/C(N)=N/O)C(=O)c1ccnnc1. The largest absolute Gasteiger partial charge is 0.409 e. The van der Waals surface area contributed by atoms with Crippen LogP contribution in [0.25, 0.3) is 0 Å². The molecule has 0 aliphatic carbocycles. The molecule has 3 N–H and O–H groups in total. The van der Waals surface area contributed by atoms with Gasteiger partial charge < -0.3 is 15.8 Å². The van der Waals surface area contributed by atoms with E-state index in [4.69, 9.17) is 10.9 Å². The minimum Gasteiger partial charge on any atom is -0.409 e. The summed E-state index contributed by atoms with van der Waals surface area (Å²) in [6, 6.07) is 1.60. The Hall–Kier alpha value is -2.18. The van der Waals surface area contributed by atoms with Crippen molar-refractivity contribution >= 4 is 11.7 Å². The number of nitrogens with zero attached hydrogens (tertiary/aromatic N) is 4. The quantitative estimate of drug-likeness (QED) is 0.326. The van der Waals surface area contributed by atoms with Gasteiger partial charge in [-0.25, -0.2) is 0 Å². The van der Waals surface area contributed by atoms with Crippen molar-refractivity contribution in [3.8, 4) is 0 Å². The van der Waals surface area contributed by atoms with E-state index in [0.717, 1.165) is 0 Å². The maximum atomic E-state index is 12.0. The summed E-state index contributed by atoms with van der Waals surface area (Å²) in [5, 5.41) is 18.5. The fourth-order valence-corrected chi connectivity index (χ4v) is 1.30. The van der Waals surface area contributed by atoms with E-state index >= 15 is 0 Å². The van der Waals surface area contributed by atoms with E-state index in [2.05, 4.69) is 15.4 Å². The Morgan fingerprint density at radius 3 is 2.88 bits per heavy atom. The lowest BCUT2D eigenvalue weighted by Gasteiger charge is -2.20. The van der Waals surface area contributed by atoms with Gasteiger partial charge in [0.1, 0.15) is 5.84 Å². The molecule has 92 valence electrons. The van der Waals surface area contributed by atoms with Gasteiger partial charge in [-0.05, 0) is 13.0 Å². The highest BCUT2D eigenvalue weighted by molar-refractivity contribution is 5.94. The number of rotatable bonds is 5. The van der Waals surface area contributed by atoms with Crippen LogP contribution in [0.5, 0.6) is 0 Å². The minimum absolute atomic E-state index is 0.101. The Bertz CT molecular complexity index is 393. The van der Waals surface area contributed by atoms with Crippen LogP contribution in [0.1, 0.15) is 23.7 Å². The molecular weight excluding hydrogens is 222 g/mol. The van der Waals surface area contributed by atoms with Gasteiger partial charge in [0.2, 0.25) is 0 Å². The van der Waals surface area contributed by atoms with Crippen molar-refractivity contribution in [1.29, 1.82) is 0 Å². The lowest BCUT2D eigenvalue weighted by molar-refractivity contribution is 0.0767. The van der Waals surface area contributed by atoms with Crippen LogP contribution in [-0.4, -0.2) is 45.1 Å². The molecule has 0 unspecified atom stereocenters. The number of carbonyl (C=O) groups excluding carboxylic acids is 1. The van der Waals surface area contributed by atoms with Crippen molar-refractivity contribution in [3.63, 3.8) is 0 Å². The molecule has 0 aliphatic heterocycles. The third-order valence-corrected chi connectivity index (χ3v) is 2.27. The fraction of sp³-hybridized carbons (Fsp3) is 0.400. The van der Waals surface area contributed by atoms with Gasteiger partial charge in [0.15, 0.2) is 0 Å². The normalized spacial score (nSPS) is 11.2. The molecule has 1 rings (SSSR count). The first-order valence-electron chi connectivity index (χ1n) is 5.21. The van der Waals surface area contributed by atoms with Crippen LogP contribution in [-0.2, 0) is 0 Å². The van der Waals surface area contributed by atoms with E-state index < -0.39 is 0 Å². The molecule has 17 heavy (non-hydrogen) atoms. The number of hydrogen-bond acceptors (Lipinski definition) is 5. The van der Waals surface area contributed by atoms with Gasteiger partial charge in [-0.1, -0.05) is 5.16 Å². The monoisotopic (exact) mass is 237 g/mol. The molecule has 0 fully saturated rings. The van der Waals surface area contributed by atoms with Crippen molar-refractivity contribution in [3.05, 3.63) is 24.0 Å². The molecular formula is C10H15N5O2. The molecule has 7 heteroatoms. The zero-order chi connectivity index (χ0) is 12.7. The van der Waals surface area contributed by atoms with Crippen LogP contribution in [0.15, 0.2) is 23.6 Å². The highest BCUT2D eigenvalue weighted by atomic mass is 16.4. The molecule has 0 spiro atoms. The Labute approximate surface area is 98.9 Å². The van der Waals surface area contributed by atoms with E-state index in [0.29, 0.717) is 25.1 Å². The lowest BCUT2D eigenvalue weighted by atomic mass is 10.2. The summed E-state index contributed by atoms with van der Waals surface area (Å²) in [6.07, 6.45) is 3.20. The molecule has 0 bridgehead atoms. The first-order chi connectivity index (χ1) is 8.19. The van der Waals surface area contributed by atoms with Crippen molar-refractivity contribution in [2.45, 2.75) is 13.3 Å². The molecule has 0 aromatic carbocycles. The molecule has 1 aromatic heterocycles. The Morgan fingerprint density at radius 2 is 2.35 bits per heavy atom. The van der Waals surface area contributed by atoms with Gasteiger partial charge in [0.05, 0.1) is 18.0 Å². The first kappa shape index (κ1) is 12.9. The summed E-state index contributed by atoms with van der Waals surface area (Å²) in [6.45, 7) is 2.80. The van der Waals surface area contributed by atoms with Crippen molar-refractivity contribution < 1.29 is 10.0 Å². The standard InChI is InChI=1S/C10H15N5O2/c1-2-15(6-4-9(11)14-17)10(16)8-3-5-12-13-7-8/h3,5,7,17H,2,4,6H2,1H3,(H2,11,14). The zero-order valence-corrected chi connectivity index (χ0v) is 9.58. The maximum Gasteiger partial charge on any atom is 0.255 e. The smallest absolute Gasteiger partial charge is 0.255 e. The summed E-state index contributed by atoms with van der Waals surface area (Å²) in [7, 11) is 0. The Balaban J connectivity index is 2.65. The van der Waals surface area contributed by atoms with Crippen LogP contribution < -0.4 is 5.73 Å². The van der Waals surface area contributed by atoms with Gasteiger partial charge in [0.25, 0.3) is 5.91 Å². The summed E-state index contributed by atoms with van der Waals surface area (Å²) in [4.78, 5) is 13.6. The van der Waals surface area contributed by atoms with Crippen LogP contribution in [0, 0.1) is 0 Å². The van der Waals surface area contributed by atoms with Crippen molar-refractivity contribution in [2.75, 3.05) is 13.1 Å². The average molecular weight is 237 g/mol. The molecule has 1 aromatic rings. The Morgan fingerprint density at radius 1 is 1.59 bits per heavy atom. The predicted octanol–water partition coefficient (Wildman–Crippen LogP) is 0.0752. The predicted molar refractivity (Wildman–Crippen MR) is 61.6 cm³/mol. The second kappa shape index (κ2) is 6.41. The Kier molecular flexibility index (Phi) is 4.86. The third kappa shape index (κ3) is 3.71. The van der Waals surface area contributed by atoms with E-state index in [9.17, 15) is 4.79 Å². The highest BCUT2D eigenvalue weighted by Gasteiger charge is 2.14. The third-order valence-electron chi connectivity index (χ3n) is 2.27. The fourth-order valence-electron chi connectivity index (χ4n) is 1.30. The first-order valence-corrected chi connectivity index (χ1v) is 5.21. The van der Waals surface area contributed by atoms with Gasteiger partial charge in [-0.3, -0.25) is 4.79 Å². The second-order valence-corrected chi connectivity index (χ2v) is 3.36. The van der Waals surface area contributed by atoms with Crippen LogP contribution in [0.3, 0.4) is 0 Å². The lowest BCUT2D eigenvalue weighted by Crippen LogP contribution is -2.34. The average Bonchev–Trinajstić information content (AvgIpc) is 2.39. The number of nitrogens with two attached hydrogens (primary N) is 1. The van der Waals surface area contributed by atoms with Gasteiger partial charge in [0, 0.05) is 19.5 Å². The molecule has 1 heterocycles. The highest BCUT2D eigenvalue weighted by Crippen LogP contribution is 2.03. The number of amides is 1. The number of hydrogen-bond donors (Lipinski definition) is 2. The van der Waals surface area contributed by atoms with E-state index in [-0.39, 0.29) is 11.7 Å².